The molecule has 1 aliphatic heterocycles. The zero-order valence-electron chi connectivity index (χ0n) is 9.00. The molecule has 1 aliphatic carbocycles. The number of piperidine rings is 1. The molecule has 1 saturated carbocycles. The maximum absolute atomic E-state index is 8.70. The Morgan fingerprint density at radius 1 is 1.14 bits per heavy atom. The molecule has 0 bridgehead atoms. The van der Waals surface area contributed by atoms with Crippen LogP contribution in [0.1, 0.15) is 38.5 Å². The van der Waals surface area contributed by atoms with Crippen molar-refractivity contribution in [3.63, 3.8) is 0 Å². The first-order valence-corrected chi connectivity index (χ1v) is 5.62. The van der Waals surface area contributed by atoms with Crippen molar-refractivity contribution in [3.8, 4) is 0 Å². The van der Waals surface area contributed by atoms with Crippen LogP contribution < -0.4 is 0 Å². The van der Waals surface area contributed by atoms with Crippen molar-refractivity contribution in [1.29, 1.82) is 0 Å². The van der Waals surface area contributed by atoms with Gasteiger partial charge >= 0.3 is 0 Å². The molecule has 0 aromatic carbocycles. The fraction of sp³-hybridized carbons (Fsp3) is 0.909. The number of hydrogen-bond acceptors (Lipinski definition) is 3. The molecular formula is C11H20N2O. The molecule has 1 saturated heterocycles. The minimum atomic E-state index is 0.584. The Bertz CT molecular complexity index is 217. The van der Waals surface area contributed by atoms with E-state index in [1.807, 2.05) is 0 Å². The molecule has 2 rings (SSSR count). The van der Waals surface area contributed by atoms with Crippen LogP contribution in [-0.4, -0.2) is 36.0 Å². The van der Waals surface area contributed by atoms with Crippen molar-refractivity contribution >= 4 is 5.71 Å². The minimum absolute atomic E-state index is 0.584. The van der Waals surface area contributed by atoms with Crippen LogP contribution in [-0.2, 0) is 0 Å². The summed E-state index contributed by atoms with van der Waals surface area (Å²) in [6, 6.07) is 0. The Morgan fingerprint density at radius 2 is 1.71 bits per heavy atom. The van der Waals surface area contributed by atoms with Gasteiger partial charge in [-0.15, -0.1) is 0 Å². The van der Waals surface area contributed by atoms with Gasteiger partial charge in [0.15, 0.2) is 0 Å². The normalized spacial score (nSPS) is 27.9. The van der Waals surface area contributed by atoms with Crippen LogP contribution in [0.5, 0.6) is 0 Å². The lowest BCUT2D eigenvalue weighted by atomic mass is 9.68. The van der Waals surface area contributed by atoms with Crippen LogP contribution >= 0.6 is 0 Å². The Hall–Kier alpha value is -0.570. The molecule has 0 aromatic heterocycles. The third-order valence-corrected chi connectivity index (χ3v) is 4.08. The van der Waals surface area contributed by atoms with Crippen molar-refractivity contribution in [2.75, 3.05) is 20.1 Å². The first-order valence-electron chi connectivity index (χ1n) is 5.62. The second-order valence-corrected chi connectivity index (χ2v) is 4.97. The van der Waals surface area contributed by atoms with Crippen LogP contribution in [0.4, 0.5) is 0 Å². The molecule has 0 aromatic rings. The van der Waals surface area contributed by atoms with Crippen molar-refractivity contribution in [1.82, 2.24) is 4.90 Å². The summed E-state index contributed by atoms with van der Waals surface area (Å²) in [5, 5.41) is 12.0. The summed E-state index contributed by atoms with van der Waals surface area (Å²) in [4.78, 5) is 2.42. The maximum atomic E-state index is 8.70. The quantitative estimate of drug-likeness (QED) is 0.476. The number of rotatable bonds is 0. The van der Waals surface area contributed by atoms with Gasteiger partial charge in [0.25, 0.3) is 0 Å². The van der Waals surface area contributed by atoms with Crippen molar-refractivity contribution in [2.45, 2.75) is 38.5 Å². The van der Waals surface area contributed by atoms with Gasteiger partial charge in [0.1, 0.15) is 0 Å². The van der Waals surface area contributed by atoms with E-state index in [1.165, 1.54) is 38.8 Å². The summed E-state index contributed by atoms with van der Waals surface area (Å²) >= 11 is 0. The predicted octanol–water partition coefficient (Wildman–Crippen LogP) is 2.10. The molecule has 1 spiro atoms. The SMILES string of the molecule is CN1CCC2(CCC(=NO)CC2)CC1. The molecule has 2 fully saturated rings. The van der Waals surface area contributed by atoms with Crippen LogP contribution in [0.3, 0.4) is 0 Å². The third kappa shape index (κ3) is 1.92. The zero-order chi connectivity index (χ0) is 10.0. The lowest BCUT2D eigenvalue weighted by Gasteiger charge is -2.43. The predicted molar refractivity (Wildman–Crippen MR) is 56.9 cm³/mol. The van der Waals surface area contributed by atoms with Gasteiger partial charge < -0.3 is 10.1 Å². The summed E-state index contributed by atoms with van der Waals surface area (Å²) in [6.07, 6.45) is 7.17. The maximum Gasteiger partial charge on any atom is 0.0571 e. The Balaban J connectivity index is 1.93. The van der Waals surface area contributed by atoms with E-state index in [0.29, 0.717) is 5.41 Å². The van der Waals surface area contributed by atoms with Gasteiger partial charge in [-0.2, -0.15) is 0 Å². The Kier molecular flexibility index (Phi) is 2.77. The van der Waals surface area contributed by atoms with Crippen molar-refractivity contribution in [3.05, 3.63) is 0 Å². The summed E-state index contributed by atoms with van der Waals surface area (Å²) in [5.41, 5.74) is 1.59. The highest BCUT2D eigenvalue weighted by Gasteiger charge is 2.36. The average molecular weight is 196 g/mol. The molecule has 1 N–H and O–H groups in total. The summed E-state index contributed by atoms with van der Waals surface area (Å²) < 4.78 is 0. The number of likely N-dealkylation sites (tertiary alicyclic amines) is 1. The van der Waals surface area contributed by atoms with E-state index >= 15 is 0 Å². The molecular weight excluding hydrogens is 176 g/mol. The lowest BCUT2D eigenvalue weighted by Crippen LogP contribution is -2.40. The monoisotopic (exact) mass is 196 g/mol. The van der Waals surface area contributed by atoms with E-state index in [0.717, 1.165) is 18.6 Å². The first kappa shape index (κ1) is 9.97. The smallest absolute Gasteiger partial charge is 0.0571 e. The summed E-state index contributed by atoms with van der Waals surface area (Å²) in [6.45, 7) is 2.48. The van der Waals surface area contributed by atoms with Gasteiger partial charge in [0.2, 0.25) is 0 Å². The molecule has 0 amide bonds. The zero-order valence-corrected chi connectivity index (χ0v) is 9.00. The molecule has 3 nitrogen and oxygen atoms in total. The van der Waals surface area contributed by atoms with E-state index in [-0.39, 0.29) is 0 Å². The highest BCUT2D eigenvalue weighted by molar-refractivity contribution is 5.84. The van der Waals surface area contributed by atoms with Gasteiger partial charge in [-0.05, 0) is 64.1 Å². The van der Waals surface area contributed by atoms with E-state index < -0.39 is 0 Å². The van der Waals surface area contributed by atoms with Gasteiger partial charge in [-0.1, -0.05) is 5.16 Å². The largest absolute Gasteiger partial charge is 0.411 e. The standard InChI is InChI=1S/C11H20N2O/c1-13-8-6-11(7-9-13)4-2-10(12-14)3-5-11/h14H,2-9H2,1H3. The first-order chi connectivity index (χ1) is 6.74. The van der Waals surface area contributed by atoms with Crippen LogP contribution in [0.2, 0.25) is 0 Å². The fourth-order valence-corrected chi connectivity index (χ4v) is 2.76. The third-order valence-electron chi connectivity index (χ3n) is 4.08. The van der Waals surface area contributed by atoms with Gasteiger partial charge in [-0.3, -0.25) is 0 Å². The van der Waals surface area contributed by atoms with Gasteiger partial charge in [0, 0.05) is 0 Å². The van der Waals surface area contributed by atoms with Crippen LogP contribution in [0.25, 0.3) is 0 Å². The van der Waals surface area contributed by atoms with E-state index in [4.69, 9.17) is 5.21 Å². The van der Waals surface area contributed by atoms with E-state index in [2.05, 4.69) is 17.1 Å². The second kappa shape index (κ2) is 3.89. The number of oxime groups is 1. The number of nitrogens with zero attached hydrogens (tertiary/aromatic N) is 2. The molecule has 0 atom stereocenters. The van der Waals surface area contributed by atoms with E-state index in [9.17, 15) is 0 Å². The molecule has 0 unspecified atom stereocenters. The molecule has 0 radical (unpaired) electrons. The number of hydrogen-bond donors (Lipinski definition) is 1. The second-order valence-electron chi connectivity index (χ2n) is 4.97. The molecule has 2 aliphatic rings. The average Bonchev–Trinajstić information content (AvgIpc) is 2.24. The minimum Gasteiger partial charge on any atom is -0.411 e. The topological polar surface area (TPSA) is 35.8 Å². The highest BCUT2D eigenvalue weighted by atomic mass is 16.4. The highest BCUT2D eigenvalue weighted by Crippen LogP contribution is 2.43. The Labute approximate surface area is 85.8 Å². The van der Waals surface area contributed by atoms with Crippen LogP contribution in [0.15, 0.2) is 5.16 Å². The lowest BCUT2D eigenvalue weighted by molar-refractivity contribution is 0.0991. The van der Waals surface area contributed by atoms with Gasteiger partial charge in [0.05, 0.1) is 5.71 Å². The fourth-order valence-electron chi connectivity index (χ4n) is 2.76. The molecule has 3 heteroatoms. The van der Waals surface area contributed by atoms with Crippen LogP contribution in [0, 0.1) is 5.41 Å². The van der Waals surface area contributed by atoms with Crippen molar-refractivity contribution < 1.29 is 5.21 Å². The summed E-state index contributed by atoms with van der Waals surface area (Å²) in [7, 11) is 2.20. The molecule has 80 valence electrons. The molecule has 1 heterocycles. The van der Waals surface area contributed by atoms with E-state index in [1.54, 1.807) is 0 Å². The molecule has 14 heavy (non-hydrogen) atoms. The summed E-state index contributed by atoms with van der Waals surface area (Å²) in [5.74, 6) is 0. The van der Waals surface area contributed by atoms with Crippen molar-refractivity contribution in [2.24, 2.45) is 10.6 Å². The Morgan fingerprint density at radius 3 is 2.21 bits per heavy atom. The van der Waals surface area contributed by atoms with Gasteiger partial charge in [-0.25, -0.2) is 0 Å².